The first-order valence-corrected chi connectivity index (χ1v) is 8.87. The van der Waals surface area contributed by atoms with Crippen LogP contribution in [-0.4, -0.2) is 15.8 Å². The van der Waals surface area contributed by atoms with Crippen LogP contribution in [0.5, 0.6) is 11.6 Å². The summed E-state index contributed by atoms with van der Waals surface area (Å²) in [7, 11) is 0. The molecule has 0 aliphatic heterocycles. The molecule has 8 heteroatoms. The van der Waals surface area contributed by atoms with Gasteiger partial charge in [0.05, 0.1) is 4.92 Å². The minimum absolute atomic E-state index is 0.0170. The highest BCUT2D eigenvalue weighted by Crippen LogP contribution is 2.22. The minimum Gasteiger partial charge on any atom is -0.439 e. The first-order chi connectivity index (χ1) is 14.5. The average molecular weight is 400 g/mol. The number of nitrogens with one attached hydrogen (secondary N) is 1. The van der Waals surface area contributed by atoms with Crippen molar-refractivity contribution < 1.29 is 14.5 Å². The van der Waals surface area contributed by atoms with E-state index < -0.39 is 10.8 Å². The van der Waals surface area contributed by atoms with Gasteiger partial charge in [0.2, 0.25) is 5.88 Å². The van der Waals surface area contributed by atoms with Gasteiger partial charge in [0, 0.05) is 18.7 Å². The molecule has 3 aromatic rings. The summed E-state index contributed by atoms with van der Waals surface area (Å²) in [5.41, 5.74) is 1.43. The summed E-state index contributed by atoms with van der Waals surface area (Å²) in [5.74, 6) is 0.208. The number of ether oxygens (including phenoxy) is 1. The van der Waals surface area contributed by atoms with Crippen molar-refractivity contribution in [1.82, 2.24) is 10.3 Å². The number of nitriles is 1. The van der Waals surface area contributed by atoms with E-state index >= 15 is 0 Å². The largest absolute Gasteiger partial charge is 0.439 e. The van der Waals surface area contributed by atoms with Crippen molar-refractivity contribution in [3.8, 4) is 17.7 Å². The van der Waals surface area contributed by atoms with Gasteiger partial charge >= 0.3 is 0 Å². The molecule has 0 saturated heterocycles. The van der Waals surface area contributed by atoms with Crippen LogP contribution in [0, 0.1) is 21.4 Å². The minimum atomic E-state index is -0.541. The number of pyridine rings is 1. The van der Waals surface area contributed by atoms with Crippen LogP contribution in [0.25, 0.3) is 6.08 Å². The number of benzene rings is 2. The molecule has 1 aromatic heterocycles. The van der Waals surface area contributed by atoms with Crippen molar-refractivity contribution in [2.24, 2.45) is 0 Å². The van der Waals surface area contributed by atoms with Crippen molar-refractivity contribution >= 4 is 17.7 Å². The van der Waals surface area contributed by atoms with E-state index in [0.717, 1.165) is 11.8 Å². The number of carbonyl (C=O) groups is 1. The Morgan fingerprint density at radius 3 is 2.47 bits per heavy atom. The fraction of sp³-hybridized carbons (Fsp3) is 0.0455. The lowest BCUT2D eigenvalue weighted by atomic mass is 10.1. The van der Waals surface area contributed by atoms with Gasteiger partial charge in [-0.2, -0.15) is 5.26 Å². The topological polar surface area (TPSA) is 118 Å². The van der Waals surface area contributed by atoms with Crippen LogP contribution in [0.3, 0.4) is 0 Å². The maximum atomic E-state index is 12.3. The van der Waals surface area contributed by atoms with Crippen molar-refractivity contribution in [2.75, 3.05) is 0 Å². The summed E-state index contributed by atoms with van der Waals surface area (Å²) in [6, 6.07) is 20.7. The second-order valence-corrected chi connectivity index (χ2v) is 6.12. The molecule has 8 nitrogen and oxygen atoms in total. The van der Waals surface area contributed by atoms with E-state index in [1.165, 1.54) is 18.2 Å². The molecular formula is C22H16N4O4. The van der Waals surface area contributed by atoms with Gasteiger partial charge < -0.3 is 10.1 Å². The van der Waals surface area contributed by atoms with E-state index in [4.69, 9.17) is 4.74 Å². The molecule has 2 aromatic carbocycles. The van der Waals surface area contributed by atoms with E-state index in [-0.39, 0.29) is 17.1 Å². The van der Waals surface area contributed by atoms with E-state index in [9.17, 15) is 20.2 Å². The third-order valence-electron chi connectivity index (χ3n) is 4.01. The fourth-order valence-corrected chi connectivity index (χ4v) is 2.48. The van der Waals surface area contributed by atoms with Crippen molar-refractivity contribution in [2.45, 2.75) is 6.54 Å². The molecule has 0 aliphatic rings. The molecule has 1 N–H and O–H groups in total. The Labute approximate surface area is 172 Å². The number of rotatable bonds is 7. The third-order valence-corrected chi connectivity index (χ3v) is 4.01. The lowest BCUT2D eigenvalue weighted by Gasteiger charge is -2.06. The predicted molar refractivity (Wildman–Crippen MR) is 109 cm³/mol. The zero-order valence-corrected chi connectivity index (χ0v) is 15.7. The van der Waals surface area contributed by atoms with Crippen molar-refractivity contribution in [3.63, 3.8) is 0 Å². The van der Waals surface area contributed by atoms with E-state index in [1.807, 2.05) is 36.4 Å². The summed E-state index contributed by atoms with van der Waals surface area (Å²) in [4.78, 5) is 26.2. The smallest absolute Gasteiger partial charge is 0.287 e. The first-order valence-electron chi connectivity index (χ1n) is 8.87. The molecule has 30 heavy (non-hydrogen) atoms. The fourth-order valence-electron chi connectivity index (χ4n) is 2.48. The van der Waals surface area contributed by atoms with Crippen LogP contribution in [0.1, 0.15) is 11.1 Å². The number of hydrogen-bond donors (Lipinski definition) is 1. The summed E-state index contributed by atoms with van der Waals surface area (Å²) in [6.45, 7) is 0.327. The molecule has 0 bridgehead atoms. The Bertz CT molecular complexity index is 1100. The van der Waals surface area contributed by atoms with E-state index in [2.05, 4.69) is 10.3 Å². The summed E-state index contributed by atoms with van der Waals surface area (Å²) >= 11 is 0. The van der Waals surface area contributed by atoms with Gasteiger partial charge in [0.25, 0.3) is 11.6 Å². The number of nitrogens with zero attached hydrogens (tertiary/aromatic N) is 3. The summed E-state index contributed by atoms with van der Waals surface area (Å²) in [5, 5.41) is 22.7. The van der Waals surface area contributed by atoms with Gasteiger partial charge in [0.15, 0.2) is 0 Å². The molecule has 1 amide bonds. The molecule has 0 fully saturated rings. The lowest BCUT2D eigenvalue weighted by Crippen LogP contribution is -2.23. The summed E-state index contributed by atoms with van der Waals surface area (Å²) < 4.78 is 5.54. The second-order valence-electron chi connectivity index (χ2n) is 6.12. The van der Waals surface area contributed by atoms with Crippen LogP contribution < -0.4 is 10.1 Å². The standard InChI is InChI=1S/C22H16N4O4/c23-13-18(22(27)25-14-17-4-2-1-3-5-17)12-16-6-9-20(10-7-16)30-21-11-8-19(15-24-21)26(28)29/h1-12,15H,14H2,(H,25,27)/b18-12-. The lowest BCUT2D eigenvalue weighted by molar-refractivity contribution is -0.385. The third kappa shape index (κ3) is 5.50. The number of carbonyl (C=O) groups excluding carboxylic acids is 1. The van der Waals surface area contributed by atoms with Crippen LogP contribution in [-0.2, 0) is 11.3 Å². The van der Waals surface area contributed by atoms with Crippen molar-refractivity contribution in [3.05, 3.63) is 99.7 Å². The molecule has 1 heterocycles. The van der Waals surface area contributed by atoms with Gasteiger partial charge in [-0.3, -0.25) is 14.9 Å². The molecule has 0 spiro atoms. The van der Waals surface area contributed by atoms with Gasteiger partial charge in [-0.1, -0.05) is 42.5 Å². The maximum absolute atomic E-state index is 12.3. The van der Waals surface area contributed by atoms with E-state index in [1.54, 1.807) is 24.3 Å². The molecular weight excluding hydrogens is 384 g/mol. The molecule has 0 radical (unpaired) electrons. The highest BCUT2D eigenvalue weighted by atomic mass is 16.6. The highest BCUT2D eigenvalue weighted by Gasteiger charge is 2.09. The number of nitro groups is 1. The summed E-state index contributed by atoms with van der Waals surface area (Å²) in [6.07, 6.45) is 2.59. The predicted octanol–water partition coefficient (Wildman–Crippen LogP) is 4.01. The number of aromatic nitrogens is 1. The molecule has 0 atom stereocenters. The van der Waals surface area contributed by atoms with Crippen LogP contribution >= 0.6 is 0 Å². The SMILES string of the molecule is N#C/C(=C/c1ccc(Oc2ccc([N+](=O)[O-])cn2)cc1)C(=O)NCc1ccccc1. The van der Waals surface area contributed by atoms with Gasteiger partial charge in [-0.05, 0) is 29.3 Å². The molecule has 0 unspecified atom stereocenters. The Balaban J connectivity index is 1.63. The van der Waals surface area contributed by atoms with E-state index in [0.29, 0.717) is 17.9 Å². The number of amides is 1. The molecule has 0 saturated carbocycles. The Hall–Kier alpha value is -4.51. The van der Waals surface area contributed by atoms with Crippen LogP contribution in [0.15, 0.2) is 78.5 Å². The first kappa shape index (κ1) is 20.2. The Morgan fingerprint density at radius 2 is 1.87 bits per heavy atom. The second kappa shape index (κ2) is 9.61. The van der Waals surface area contributed by atoms with Gasteiger partial charge in [-0.25, -0.2) is 4.98 Å². The van der Waals surface area contributed by atoms with Crippen LogP contribution in [0.4, 0.5) is 5.69 Å². The number of hydrogen-bond acceptors (Lipinski definition) is 6. The van der Waals surface area contributed by atoms with Crippen LogP contribution in [0.2, 0.25) is 0 Å². The van der Waals surface area contributed by atoms with Gasteiger partial charge in [-0.15, -0.1) is 0 Å². The molecule has 3 rings (SSSR count). The quantitative estimate of drug-likeness (QED) is 0.277. The molecule has 148 valence electrons. The van der Waals surface area contributed by atoms with Gasteiger partial charge in [0.1, 0.15) is 23.6 Å². The zero-order chi connectivity index (χ0) is 21.3. The highest BCUT2D eigenvalue weighted by molar-refractivity contribution is 6.01. The molecule has 0 aliphatic carbocycles. The normalized spacial score (nSPS) is 10.7. The average Bonchev–Trinajstić information content (AvgIpc) is 2.78. The monoisotopic (exact) mass is 400 g/mol. The Morgan fingerprint density at radius 1 is 1.13 bits per heavy atom. The maximum Gasteiger partial charge on any atom is 0.287 e. The van der Waals surface area contributed by atoms with Crippen molar-refractivity contribution in [1.29, 1.82) is 5.26 Å². The zero-order valence-electron chi connectivity index (χ0n) is 15.7. The Kier molecular flexibility index (Phi) is 6.48.